The van der Waals surface area contributed by atoms with Crippen LogP contribution in [0.3, 0.4) is 0 Å². The average molecular weight is 299 g/mol. The lowest BCUT2D eigenvalue weighted by molar-refractivity contribution is 0.202. The molecule has 0 unspecified atom stereocenters. The maximum atomic E-state index is 12.3. The van der Waals surface area contributed by atoms with Gasteiger partial charge in [0.1, 0.15) is 0 Å². The van der Waals surface area contributed by atoms with Crippen LogP contribution in [0.1, 0.15) is 5.56 Å². The van der Waals surface area contributed by atoms with Crippen molar-refractivity contribution in [2.24, 2.45) is 0 Å². The number of anilines is 1. The Morgan fingerprint density at radius 3 is 2.70 bits per heavy atom. The van der Waals surface area contributed by atoms with Crippen LogP contribution < -0.4 is 10.0 Å². The molecule has 0 atom stereocenters. The number of ether oxygens (including phenoxy) is 1. The van der Waals surface area contributed by atoms with E-state index in [-0.39, 0.29) is 0 Å². The molecule has 20 heavy (non-hydrogen) atoms. The Morgan fingerprint density at radius 1 is 1.30 bits per heavy atom. The van der Waals surface area contributed by atoms with Gasteiger partial charge in [-0.2, -0.15) is 12.7 Å². The minimum atomic E-state index is -3.48. The smallest absolute Gasteiger partial charge is 0.301 e. The molecule has 1 fully saturated rings. The number of para-hydroxylation sites is 1. The van der Waals surface area contributed by atoms with Gasteiger partial charge in [-0.1, -0.05) is 18.2 Å². The van der Waals surface area contributed by atoms with E-state index in [2.05, 4.69) is 10.0 Å². The molecule has 1 saturated heterocycles. The highest BCUT2D eigenvalue weighted by molar-refractivity contribution is 7.90. The first-order chi connectivity index (χ1) is 9.63. The molecule has 2 rings (SSSR count). The van der Waals surface area contributed by atoms with Crippen LogP contribution in [0.25, 0.3) is 0 Å². The molecule has 6 nitrogen and oxygen atoms in total. The minimum Gasteiger partial charge on any atom is -0.384 e. The maximum absolute atomic E-state index is 12.3. The first-order valence-corrected chi connectivity index (χ1v) is 8.13. The third kappa shape index (κ3) is 3.92. The van der Waals surface area contributed by atoms with Gasteiger partial charge in [-0.05, 0) is 18.1 Å². The van der Waals surface area contributed by atoms with Gasteiger partial charge in [0.15, 0.2) is 0 Å². The Kier molecular flexibility index (Phi) is 5.36. The zero-order valence-electron chi connectivity index (χ0n) is 11.6. The highest BCUT2D eigenvalue weighted by Gasteiger charge is 2.24. The van der Waals surface area contributed by atoms with E-state index in [0.717, 1.165) is 5.56 Å². The molecule has 0 saturated carbocycles. The standard InChI is InChI=1S/C13H21N3O3S/c1-19-11-6-12-4-2-3-5-13(12)15-20(17,18)16-9-7-14-8-10-16/h2-5,14-15H,6-11H2,1H3. The Bertz CT molecular complexity index is 527. The second-order valence-corrected chi connectivity index (χ2v) is 6.33. The molecule has 7 heteroatoms. The Morgan fingerprint density at radius 2 is 2.00 bits per heavy atom. The normalized spacial score (nSPS) is 17.1. The van der Waals surface area contributed by atoms with Crippen LogP contribution in [-0.2, 0) is 21.4 Å². The fourth-order valence-electron chi connectivity index (χ4n) is 2.14. The van der Waals surface area contributed by atoms with Gasteiger partial charge in [-0.3, -0.25) is 4.72 Å². The van der Waals surface area contributed by atoms with Crippen LogP contribution in [0.5, 0.6) is 0 Å². The maximum Gasteiger partial charge on any atom is 0.301 e. The molecule has 0 amide bonds. The van der Waals surface area contributed by atoms with Crippen molar-refractivity contribution in [1.29, 1.82) is 0 Å². The van der Waals surface area contributed by atoms with E-state index in [0.29, 0.717) is 44.9 Å². The molecule has 1 aliphatic rings. The summed E-state index contributed by atoms with van der Waals surface area (Å²) in [6, 6.07) is 7.42. The van der Waals surface area contributed by atoms with E-state index in [4.69, 9.17) is 4.74 Å². The van der Waals surface area contributed by atoms with Crippen LogP contribution in [0, 0.1) is 0 Å². The number of piperazine rings is 1. The predicted octanol–water partition coefficient (Wildman–Crippen LogP) is 0.437. The first-order valence-electron chi connectivity index (χ1n) is 6.69. The number of hydrogen-bond donors (Lipinski definition) is 2. The van der Waals surface area contributed by atoms with Gasteiger partial charge in [0.2, 0.25) is 0 Å². The summed E-state index contributed by atoms with van der Waals surface area (Å²) in [6.45, 7) is 2.93. The van der Waals surface area contributed by atoms with E-state index in [1.165, 1.54) is 4.31 Å². The molecule has 112 valence electrons. The van der Waals surface area contributed by atoms with E-state index < -0.39 is 10.2 Å². The number of benzene rings is 1. The SMILES string of the molecule is COCCc1ccccc1NS(=O)(=O)N1CCNCC1. The van der Waals surface area contributed by atoms with Crippen LogP contribution in [0.2, 0.25) is 0 Å². The number of hydrogen-bond acceptors (Lipinski definition) is 4. The quantitative estimate of drug-likeness (QED) is 0.799. The van der Waals surface area contributed by atoms with Crippen molar-refractivity contribution in [3.63, 3.8) is 0 Å². The number of methoxy groups -OCH3 is 1. The van der Waals surface area contributed by atoms with Crippen LogP contribution in [0.15, 0.2) is 24.3 Å². The second kappa shape index (κ2) is 7.03. The second-order valence-electron chi connectivity index (χ2n) is 4.66. The molecular formula is C13H21N3O3S. The topological polar surface area (TPSA) is 70.7 Å². The van der Waals surface area contributed by atoms with Crippen molar-refractivity contribution in [2.45, 2.75) is 6.42 Å². The van der Waals surface area contributed by atoms with Gasteiger partial charge >= 0.3 is 10.2 Å². The fourth-order valence-corrected chi connectivity index (χ4v) is 3.41. The Balaban J connectivity index is 2.11. The monoisotopic (exact) mass is 299 g/mol. The van der Waals surface area contributed by atoms with Crippen LogP contribution in [0.4, 0.5) is 5.69 Å². The van der Waals surface area contributed by atoms with Gasteiger partial charge < -0.3 is 10.1 Å². The van der Waals surface area contributed by atoms with E-state index in [9.17, 15) is 8.42 Å². The molecule has 1 aromatic rings. The average Bonchev–Trinajstić information content (AvgIpc) is 2.47. The molecule has 1 heterocycles. The van der Waals surface area contributed by atoms with Crippen LogP contribution in [-0.4, -0.2) is 52.6 Å². The molecule has 2 N–H and O–H groups in total. The molecule has 1 aromatic carbocycles. The molecule has 0 aliphatic carbocycles. The predicted molar refractivity (Wildman–Crippen MR) is 79.0 cm³/mol. The molecule has 1 aliphatic heterocycles. The summed E-state index contributed by atoms with van der Waals surface area (Å²) < 4.78 is 33.9. The molecular weight excluding hydrogens is 278 g/mol. The lowest BCUT2D eigenvalue weighted by Gasteiger charge is -2.27. The van der Waals surface area contributed by atoms with E-state index in [1.54, 1.807) is 13.2 Å². The van der Waals surface area contributed by atoms with Gasteiger partial charge in [0.05, 0.1) is 12.3 Å². The summed E-state index contributed by atoms with van der Waals surface area (Å²) >= 11 is 0. The summed E-state index contributed by atoms with van der Waals surface area (Å²) in [5.41, 5.74) is 1.57. The number of nitrogens with one attached hydrogen (secondary N) is 2. The molecule has 0 aromatic heterocycles. The third-order valence-electron chi connectivity index (χ3n) is 3.25. The summed E-state index contributed by atoms with van der Waals surface area (Å²) in [4.78, 5) is 0. The van der Waals surface area contributed by atoms with Crippen molar-refractivity contribution < 1.29 is 13.2 Å². The van der Waals surface area contributed by atoms with E-state index in [1.807, 2.05) is 18.2 Å². The largest absolute Gasteiger partial charge is 0.384 e. The van der Waals surface area contributed by atoms with Crippen molar-refractivity contribution in [1.82, 2.24) is 9.62 Å². The van der Waals surface area contributed by atoms with Gasteiger partial charge in [0.25, 0.3) is 0 Å². The fraction of sp³-hybridized carbons (Fsp3) is 0.538. The molecule has 0 bridgehead atoms. The van der Waals surface area contributed by atoms with Gasteiger partial charge in [-0.25, -0.2) is 0 Å². The lowest BCUT2D eigenvalue weighted by Crippen LogP contribution is -2.48. The highest BCUT2D eigenvalue weighted by Crippen LogP contribution is 2.18. The van der Waals surface area contributed by atoms with Crippen molar-refractivity contribution >= 4 is 15.9 Å². The summed E-state index contributed by atoms with van der Waals surface area (Å²) in [5, 5.41) is 3.14. The number of rotatable bonds is 6. The Hall–Kier alpha value is -1.15. The van der Waals surface area contributed by atoms with Gasteiger partial charge in [0, 0.05) is 33.3 Å². The van der Waals surface area contributed by atoms with E-state index >= 15 is 0 Å². The van der Waals surface area contributed by atoms with Crippen molar-refractivity contribution in [3.05, 3.63) is 29.8 Å². The first kappa shape index (κ1) is 15.2. The summed E-state index contributed by atoms with van der Waals surface area (Å²) in [7, 11) is -1.85. The van der Waals surface area contributed by atoms with Gasteiger partial charge in [-0.15, -0.1) is 0 Å². The van der Waals surface area contributed by atoms with Crippen molar-refractivity contribution in [2.75, 3.05) is 44.6 Å². The molecule has 0 radical (unpaired) electrons. The lowest BCUT2D eigenvalue weighted by atomic mass is 10.1. The zero-order chi connectivity index (χ0) is 14.4. The summed E-state index contributed by atoms with van der Waals surface area (Å²) in [6.07, 6.45) is 0.677. The third-order valence-corrected chi connectivity index (χ3v) is 4.77. The molecule has 0 spiro atoms. The highest BCUT2D eigenvalue weighted by atomic mass is 32.2. The van der Waals surface area contributed by atoms with Crippen molar-refractivity contribution in [3.8, 4) is 0 Å². The van der Waals surface area contributed by atoms with Crippen LogP contribution >= 0.6 is 0 Å². The zero-order valence-corrected chi connectivity index (χ0v) is 12.4. The Labute approximate surface area is 120 Å². The minimum absolute atomic E-state index is 0.496. The summed E-state index contributed by atoms with van der Waals surface area (Å²) in [5.74, 6) is 0. The number of nitrogens with zero attached hydrogens (tertiary/aromatic N) is 1.